The number of rotatable bonds is 8. The highest BCUT2D eigenvalue weighted by Gasteiger charge is 2.39. The van der Waals surface area contributed by atoms with E-state index in [2.05, 4.69) is 10.4 Å². The van der Waals surface area contributed by atoms with Crippen molar-refractivity contribution < 1.29 is 31.1 Å². The normalized spacial score (nSPS) is 19.3. The van der Waals surface area contributed by atoms with E-state index >= 15 is 0 Å². The fourth-order valence-electron chi connectivity index (χ4n) is 4.23. The lowest BCUT2D eigenvalue weighted by Crippen LogP contribution is -2.50. The highest BCUT2D eigenvalue weighted by Crippen LogP contribution is 2.31. The Labute approximate surface area is 221 Å². The number of halogens is 4. The number of hydrogen-bond donors (Lipinski definition) is 1. The van der Waals surface area contributed by atoms with Crippen molar-refractivity contribution in [2.75, 3.05) is 49.1 Å². The molecule has 4 rings (SSSR count). The van der Waals surface area contributed by atoms with Gasteiger partial charge in [-0.15, -0.1) is 0 Å². The molecule has 1 aromatic carbocycles. The van der Waals surface area contributed by atoms with Crippen molar-refractivity contribution >= 4 is 33.2 Å². The zero-order chi connectivity index (χ0) is 27.4. The van der Waals surface area contributed by atoms with Crippen LogP contribution in [0.5, 0.6) is 0 Å². The van der Waals surface area contributed by atoms with E-state index in [9.17, 15) is 26.4 Å². The third-order valence-corrected chi connectivity index (χ3v) is 8.42. The maximum atomic E-state index is 14.4. The summed E-state index contributed by atoms with van der Waals surface area (Å²) in [5, 5.41) is 15.9. The lowest BCUT2D eigenvalue weighted by atomic mass is 10.1. The van der Waals surface area contributed by atoms with Gasteiger partial charge in [0.1, 0.15) is 10.8 Å². The Morgan fingerprint density at radius 2 is 2.03 bits per heavy atom. The van der Waals surface area contributed by atoms with Gasteiger partial charge in [0.25, 0.3) is 5.56 Å². The third-order valence-electron chi connectivity index (χ3n) is 6.18. The Balaban J connectivity index is 1.45. The van der Waals surface area contributed by atoms with Crippen molar-refractivity contribution in [3.8, 4) is 6.07 Å². The molecule has 0 saturated carbocycles. The van der Waals surface area contributed by atoms with E-state index in [1.54, 1.807) is 6.07 Å². The minimum Gasteiger partial charge on any atom is -0.380 e. The first-order valence-electron chi connectivity index (χ1n) is 11.6. The van der Waals surface area contributed by atoms with Crippen LogP contribution in [-0.4, -0.2) is 74.6 Å². The number of nitrogens with zero attached hydrogens (tertiary/aromatic N) is 5. The first-order chi connectivity index (χ1) is 18.1. The summed E-state index contributed by atoms with van der Waals surface area (Å²) in [5.41, 5.74) is -1.31. The third kappa shape index (κ3) is 5.89. The molecule has 0 spiro atoms. The average molecular weight is 577 g/mol. The Hall–Kier alpha value is -2.90. The molecular formula is C22H24ClF3N6O5S. The molecule has 38 heavy (non-hydrogen) atoms. The quantitative estimate of drug-likeness (QED) is 0.474. The molecule has 11 nitrogen and oxygen atoms in total. The van der Waals surface area contributed by atoms with Crippen molar-refractivity contribution in [1.82, 2.24) is 14.1 Å². The van der Waals surface area contributed by atoms with E-state index in [1.807, 2.05) is 0 Å². The number of alkyl halides is 2. The number of ether oxygens (including phenoxy) is 2. The van der Waals surface area contributed by atoms with Gasteiger partial charge in [0.2, 0.25) is 0 Å². The second-order valence-electron chi connectivity index (χ2n) is 8.56. The molecule has 0 radical (unpaired) electrons. The lowest BCUT2D eigenvalue weighted by Gasteiger charge is -2.35. The molecular weight excluding hydrogens is 553 g/mol. The molecule has 0 bridgehead atoms. The number of anilines is 2. The number of benzene rings is 1. The van der Waals surface area contributed by atoms with Crippen molar-refractivity contribution in [3.63, 3.8) is 0 Å². The molecule has 16 heteroatoms. The topological polar surface area (TPSA) is 130 Å². The van der Waals surface area contributed by atoms with Gasteiger partial charge in [0, 0.05) is 19.6 Å². The number of nitrogens with one attached hydrogen (secondary N) is 1. The molecule has 3 heterocycles. The van der Waals surface area contributed by atoms with E-state index in [-0.39, 0.29) is 46.9 Å². The van der Waals surface area contributed by atoms with Crippen LogP contribution >= 0.6 is 11.6 Å². The van der Waals surface area contributed by atoms with Crippen LogP contribution < -0.4 is 15.2 Å². The summed E-state index contributed by atoms with van der Waals surface area (Å²) >= 11 is 6.26. The van der Waals surface area contributed by atoms with Crippen molar-refractivity contribution in [3.05, 3.63) is 51.2 Å². The zero-order valence-electron chi connectivity index (χ0n) is 19.9. The molecule has 2 aliphatic rings. The summed E-state index contributed by atoms with van der Waals surface area (Å²) in [7, 11) is -4.84. The largest absolute Gasteiger partial charge is 0.380 e. The SMILES string of the molecule is N#Cc1ccc(N(C(F)F)S(=O)(=O)N2CCC(n3ncc(NCC4COCCO4)c(Cl)c3=O)CC2)c(F)c1. The molecule has 0 aliphatic carbocycles. The van der Waals surface area contributed by atoms with Crippen LogP contribution in [-0.2, 0) is 19.7 Å². The predicted molar refractivity (Wildman–Crippen MR) is 131 cm³/mol. The summed E-state index contributed by atoms with van der Waals surface area (Å²) in [6, 6.07) is 3.67. The summed E-state index contributed by atoms with van der Waals surface area (Å²) in [6.07, 6.45) is 1.33. The maximum absolute atomic E-state index is 14.4. The fourth-order valence-corrected chi connectivity index (χ4v) is 5.95. The van der Waals surface area contributed by atoms with Gasteiger partial charge in [0.15, 0.2) is 0 Å². The monoisotopic (exact) mass is 576 g/mol. The van der Waals surface area contributed by atoms with Gasteiger partial charge in [-0.25, -0.2) is 9.07 Å². The molecule has 1 N–H and O–H groups in total. The first-order valence-corrected chi connectivity index (χ1v) is 13.4. The highest BCUT2D eigenvalue weighted by atomic mass is 35.5. The maximum Gasteiger partial charge on any atom is 0.329 e. The highest BCUT2D eigenvalue weighted by molar-refractivity contribution is 7.90. The summed E-state index contributed by atoms with van der Waals surface area (Å²) < 4.78 is 80.7. The molecule has 1 unspecified atom stereocenters. The van der Waals surface area contributed by atoms with Crippen molar-refractivity contribution in [1.29, 1.82) is 5.26 Å². The minimum absolute atomic E-state index is 0.0788. The molecule has 1 aromatic heterocycles. The summed E-state index contributed by atoms with van der Waals surface area (Å²) in [6.45, 7) is -2.29. The van der Waals surface area contributed by atoms with Crippen LogP contribution in [0, 0.1) is 17.1 Å². The minimum atomic E-state index is -4.84. The van der Waals surface area contributed by atoms with Gasteiger partial charge < -0.3 is 14.8 Å². The van der Waals surface area contributed by atoms with Crippen LogP contribution in [0.2, 0.25) is 5.02 Å². The number of piperidine rings is 1. The summed E-state index contributed by atoms with van der Waals surface area (Å²) in [4.78, 5) is 12.9. The standard InChI is InChI=1S/C22H24ClF3N6O5S/c23-20-18(28-11-16-13-36-7-8-37-16)12-29-31(21(20)33)15-3-5-30(6-4-15)38(34,35)32(22(25)26)19-2-1-14(10-27)9-17(19)24/h1-2,9,12,15-16,22,28H,3-8,11,13H2. The number of nitriles is 1. The molecule has 2 saturated heterocycles. The lowest BCUT2D eigenvalue weighted by molar-refractivity contribution is -0.0818. The molecule has 2 aliphatic heterocycles. The Kier molecular flexibility index (Phi) is 8.78. The van der Waals surface area contributed by atoms with E-state index in [0.29, 0.717) is 38.1 Å². The molecule has 206 valence electrons. The number of hydrogen-bond acceptors (Lipinski definition) is 8. The zero-order valence-corrected chi connectivity index (χ0v) is 21.5. The van der Waals surface area contributed by atoms with E-state index in [0.717, 1.165) is 21.1 Å². The molecule has 2 fully saturated rings. The van der Waals surface area contributed by atoms with Crippen molar-refractivity contribution in [2.24, 2.45) is 0 Å². The van der Waals surface area contributed by atoms with Crippen LogP contribution in [0.4, 0.5) is 24.5 Å². The van der Waals surface area contributed by atoms with E-state index < -0.39 is 39.9 Å². The van der Waals surface area contributed by atoms with Gasteiger partial charge in [-0.3, -0.25) is 4.79 Å². The second-order valence-corrected chi connectivity index (χ2v) is 10.7. The molecule has 1 atom stereocenters. The Morgan fingerprint density at radius 3 is 2.63 bits per heavy atom. The Bertz CT molecular complexity index is 1360. The average Bonchev–Trinajstić information content (AvgIpc) is 2.91. The van der Waals surface area contributed by atoms with Gasteiger partial charge >= 0.3 is 16.8 Å². The van der Waals surface area contributed by atoms with Crippen LogP contribution in [0.25, 0.3) is 0 Å². The van der Waals surface area contributed by atoms with Crippen molar-refractivity contribution in [2.45, 2.75) is 31.5 Å². The molecule has 2 aromatic rings. The van der Waals surface area contributed by atoms with Crippen LogP contribution in [0.3, 0.4) is 0 Å². The van der Waals surface area contributed by atoms with Gasteiger partial charge in [0.05, 0.1) is 61.2 Å². The van der Waals surface area contributed by atoms with E-state index in [4.69, 9.17) is 26.3 Å². The van der Waals surface area contributed by atoms with E-state index in [1.165, 1.54) is 6.20 Å². The van der Waals surface area contributed by atoms with Gasteiger partial charge in [-0.2, -0.15) is 36.2 Å². The first kappa shape index (κ1) is 28.1. The van der Waals surface area contributed by atoms with Crippen LogP contribution in [0.1, 0.15) is 24.4 Å². The van der Waals surface area contributed by atoms with Gasteiger partial charge in [-0.1, -0.05) is 11.6 Å². The fraction of sp³-hybridized carbons (Fsp3) is 0.500. The Morgan fingerprint density at radius 1 is 1.29 bits per heavy atom. The van der Waals surface area contributed by atoms with Gasteiger partial charge in [-0.05, 0) is 31.0 Å². The number of aromatic nitrogens is 2. The van der Waals surface area contributed by atoms with Crippen LogP contribution in [0.15, 0.2) is 29.2 Å². The smallest absolute Gasteiger partial charge is 0.329 e. The predicted octanol–water partition coefficient (Wildman–Crippen LogP) is 2.35. The second kappa shape index (κ2) is 11.9. The summed E-state index contributed by atoms with van der Waals surface area (Å²) in [5.74, 6) is -1.27. The molecule has 0 amide bonds.